The maximum atomic E-state index is 13.6. The van der Waals surface area contributed by atoms with Crippen LogP contribution in [0.15, 0.2) is 29.8 Å². The number of anilines is 1. The summed E-state index contributed by atoms with van der Waals surface area (Å²) < 4.78 is 51.3. The fourth-order valence-electron chi connectivity index (χ4n) is 2.70. The maximum absolute atomic E-state index is 13.6. The molecule has 1 aromatic rings. The molecule has 1 aliphatic rings. The second-order valence-corrected chi connectivity index (χ2v) is 8.11. The zero-order valence-electron chi connectivity index (χ0n) is 14.1. The number of nitrogens with one attached hydrogen (secondary N) is 1. The van der Waals surface area contributed by atoms with E-state index in [-0.39, 0.29) is 12.2 Å². The molecule has 1 aromatic carbocycles. The number of halogens is 2. The van der Waals surface area contributed by atoms with Crippen molar-refractivity contribution < 1.29 is 22.0 Å². The van der Waals surface area contributed by atoms with E-state index in [4.69, 9.17) is 0 Å². The van der Waals surface area contributed by atoms with E-state index in [9.17, 15) is 22.0 Å². The fourth-order valence-corrected chi connectivity index (χ4v) is 3.48. The summed E-state index contributed by atoms with van der Waals surface area (Å²) in [4.78, 5) is 12.1. The Hall–Kier alpha value is -1.80. The topological polar surface area (TPSA) is 66.5 Å². The molecule has 1 N–H and O–H groups in total. The van der Waals surface area contributed by atoms with Crippen molar-refractivity contribution in [3.05, 3.63) is 41.5 Å². The lowest BCUT2D eigenvalue weighted by Crippen LogP contribution is -2.38. The van der Waals surface area contributed by atoms with Crippen LogP contribution in [0.2, 0.25) is 0 Å². The molecule has 0 unspecified atom stereocenters. The summed E-state index contributed by atoms with van der Waals surface area (Å²) in [5, 5.41) is 2.28. The number of hydrogen-bond acceptors (Lipinski definition) is 3. The maximum Gasteiger partial charge on any atom is 0.239 e. The van der Waals surface area contributed by atoms with Crippen LogP contribution in [0, 0.1) is 11.6 Å². The Kier molecular flexibility index (Phi) is 6.66. The number of amides is 1. The predicted octanol–water partition coefficient (Wildman–Crippen LogP) is 3.06. The molecule has 25 heavy (non-hydrogen) atoms. The Morgan fingerprint density at radius 3 is 2.64 bits per heavy atom. The van der Waals surface area contributed by atoms with E-state index in [2.05, 4.69) is 11.4 Å². The highest BCUT2D eigenvalue weighted by Gasteiger charge is 2.21. The van der Waals surface area contributed by atoms with Gasteiger partial charge in [-0.25, -0.2) is 17.2 Å². The van der Waals surface area contributed by atoms with Gasteiger partial charge in [0.05, 0.1) is 18.5 Å². The van der Waals surface area contributed by atoms with E-state index in [1.165, 1.54) is 5.57 Å². The molecular formula is C17H22F2N2O3S. The van der Waals surface area contributed by atoms with Crippen molar-refractivity contribution in [2.75, 3.05) is 24.7 Å². The average Bonchev–Trinajstić information content (AvgIpc) is 2.54. The van der Waals surface area contributed by atoms with Gasteiger partial charge < -0.3 is 5.32 Å². The largest absolute Gasteiger partial charge is 0.322 e. The third-order valence-electron chi connectivity index (χ3n) is 4.06. The van der Waals surface area contributed by atoms with Crippen LogP contribution in [0.4, 0.5) is 14.5 Å². The van der Waals surface area contributed by atoms with Gasteiger partial charge in [0.15, 0.2) is 0 Å². The molecule has 0 atom stereocenters. The van der Waals surface area contributed by atoms with Crippen LogP contribution >= 0.6 is 0 Å². The van der Waals surface area contributed by atoms with Crippen LogP contribution < -0.4 is 5.32 Å². The first kappa shape index (κ1) is 19.5. The van der Waals surface area contributed by atoms with Crippen molar-refractivity contribution in [1.29, 1.82) is 0 Å². The van der Waals surface area contributed by atoms with Crippen molar-refractivity contribution in [2.24, 2.45) is 0 Å². The molecule has 0 saturated carbocycles. The molecule has 0 spiro atoms. The van der Waals surface area contributed by atoms with E-state index < -0.39 is 34.1 Å². The Bertz CT molecular complexity index is 763. The summed E-state index contributed by atoms with van der Waals surface area (Å²) >= 11 is 0. The summed E-state index contributed by atoms with van der Waals surface area (Å²) in [6, 6.07) is 2.77. The normalized spacial score (nSPS) is 15.1. The first-order valence-electron chi connectivity index (χ1n) is 8.13. The van der Waals surface area contributed by atoms with Crippen molar-refractivity contribution in [3.8, 4) is 0 Å². The molecule has 1 amide bonds. The molecule has 0 fully saturated rings. The summed E-state index contributed by atoms with van der Waals surface area (Å²) in [6.07, 6.45) is 7.92. The highest BCUT2D eigenvalue weighted by molar-refractivity contribution is 7.88. The van der Waals surface area contributed by atoms with Crippen molar-refractivity contribution >= 4 is 21.6 Å². The second kappa shape index (κ2) is 8.53. The number of nitrogens with zero attached hydrogens (tertiary/aromatic N) is 1. The van der Waals surface area contributed by atoms with Crippen molar-refractivity contribution in [3.63, 3.8) is 0 Å². The van der Waals surface area contributed by atoms with Crippen molar-refractivity contribution in [1.82, 2.24) is 4.31 Å². The molecule has 1 aliphatic carbocycles. The van der Waals surface area contributed by atoms with Gasteiger partial charge in [-0.15, -0.1) is 0 Å². The Labute approximate surface area is 146 Å². The highest BCUT2D eigenvalue weighted by atomic mass is 32.2. The van der Waals surface area contributed by atoms with Crippen LogP contribution in [0.3, 0.4) is 0 Å². The number of carbonyl (C=O) groups excluding carboxylic acids is 1. The molecule has 0 bridgehead atoms. The SMILES string of the molecule is CS(=O)(=O)N(CCC1=CCCCC1)CC(=O)Nc1ccc(F)cc1F. The Morgan fingerprint density at radius 1 is 1.28 bits per heavy atom. The number of hydrogen-bond donors (Lipinski definition) is 1. The van der Waals surface area contributed by atoms with E-state index in [1.807, 2.05) is 0 Å². The van der Waals surface area contributed by atoms with Gasteiger partial charge >= 0.3 is 0 Å². The van der Waals surface area contributed by atoms with Crippen LogP contribution in [-0.2, 0) is 14.8 Å². The molecule has 0 aliphatic heterocycles. The van der Waals surface area contributed by atoms with Crippen LogP contribution in [0.1, 0.15) is 32.1 Å². The van der Waals surface area contributed by atoms with E-state index in [1.54, 1.807) is 0 Å². The van der Waals surface area contributed by atoms with Crippen LogP contribution in [0.25, 0.3) is 0 Å². The zero-order valence-corrected chi connectivity index (χ0v) is 14.9. The second-order valence-electron chi connectivity index (χ2n) is 6.13. The quantitative estimate of drug-likeness (QED) is 0.748. The van der Waals surface area contributed by atoms with Crippen molar-refractivity contribution in [2.45, 2.75) is 32.1 Å². The molecule has 0 radical (unpaired) electrons. The number of sulfonamides is 1. The Balaban J connectivity index is 1.98. The third kappa shape index (κ3) is 6.21. The van der Waals surface area contributed by atoms with Gasteiger partial charge in [0.2, 0.25) is 15.9 Å². The molecule has 5 nitrogen and oxygen atoms in total. The van der Waals surface area contributed by atoms with Gasteiger partial charge in [-0.3, -0.25) is 4.79 Å². The molecular weight excluding hydrogens is 350 g/mol. The molecule has 0 saturated heterocycles. The Morgan fingerprint density at radius 2 is 2.04 bits per heavy atom. The number of carbonyl (C=O) groups is 1. The fraction of sp³-hybridized carbons (Fsp3) is 0.471. The number of rotatable bonds is 7. The summed E-state index contributed by atoms with van der Waals surface area (Å²) in [7, 11) is -3.58. The monoisotopic (exact) mass is 372 g/mol. The van der Waals surface area contributed by atoms with Gasteiger partial charge in [-0.2, -0.15) is 4.31 Å². The summed E-state index contributed by atoms with van der Waals surface area (Å²) in [5.74, 6) is -2.34. The van der Waals surface area contributed by atoms with Gasteiger partial charge in [0.1, 0.15) is 11.6 Å². The molecule has 8 heteroatoms. The molecule has 0 aromatic heterocycles. The molecule has 2 rings (SSSR count). The first-order valence-corrected chi connectivity index (χ1v) is 9.98. The van der Waals surface area contributed by atoms with Gasteiger partial charge in [0, 0.05) is 12.6 Å². The lowest BCUT2D eigenvalue weighted by Gasteiger charge is -2.21. The predicted molar refractivity (Wildman–Crippen MR) is 92.6 cm³/mol. The van der Waals surface area contributed by atoms with E-state index in [0.717, 1.165) is 48.4 Å². The smallest absolute Gasteiger partial charge is 0.239 e. The minimum absolute atomic E-state index is 0.185. The van der Waals surface area contributed by atoms with E-state index >= 15 is 0 Å². The number of benzene rings is 1. The number of allylic oxidation sites excluding steroid dienone is 1. The zero-order chi connectivity index (χ0) is 18.4. The lowest BCUT2D eigenvalue weighted by atomic mass is 9.97. The minimum atomic E-state index is -3.58. The minimum Gasteiger partial charge on any atom is -0.322 e. The first-order chi connectivity index (χ1) is 11.8. The lowest BCUT2D eigenvalue weighted by molar-refractivity contribution is -0.116. The molecule has 0 heterocycles. The third-order valence-corrected chi connectivity index (χ3v) is 5.31. The van der Waals surface area contributed by atoms with Crippen LogP contribution in [0.5, 0.6) is 0 Å². The van der Waals surface area contributed by atoms with Gasteiger partial charge in [-0.1, -0.05) is 11.6 Å². The summed E-state index contributed by atoms with van der Waals surface area (Å²) in [5.41, 5.74) is 1.01. The average molecular weight is 372 g/mol. The standard InChI is InChI=1S/C17H22F2N2O3S/c1-25(23,24)21(10-9-13-5-3-2-4-6-13)12-17(22)20-16-8-7-14(18)11-15(16)19/h5,7-8,11H,2-4,6,9-10,12H2,1H3,(H,20,22). The highest BCUT2D eigenvalue weighted by Crippen LogP contribution is 2.21. The molecule has 138 valence electrons. The summed E-state index contributed by atoms with van der Waals surface area (Å²) in [6.45, 7) is -0.215. The van der Waals surface area contributed by atoms with Gasteiger partial charge in [-0.05, 0) is 44.2 Å². The van der Waals surface area contributed by atoms with E-state index in [0.29, 0.717) is 12.5 Å². The van der Waals surface area contributed by atoms with Gasteiger partial charge in [0.25, 0.3) is 0 Å². The van der Waals surface area contributed by atoms with Crippen LogP contribution in [-0.4, -0.2) is 38.0 Å².